The maximum atomic E-state index is 12.5. The first-order valence-corrected chi connectivity index (χ1v) is 9.50. The third-order valence-corrected chi connectivity index (χ3v) is 5.10. The van der Waals surface area contributed by atoms with Crippen LogP contribution in [0.3, 0.4) is 0 Å². The molecular formula is C23H25NO6. The Hall–Kier alpha value is -3.48. The molecule has 0 bridgehead atoms. The number of hydrogen-bond acceptors (Lipinski definition) is 6. The smallest absolute Gasteiger partial charge is 0.339 e. The van der Waals surface area contributed by atoms with Gasteiger partial charge in [-0.2, -0.15) is 0 Å². The molecule has 0 unspecified atom stereocenters. The quantitative estimate of drug-likeness (QED) is 0.591. The van der Waals surface area contributed by atoms with Crippen LogP contribution in [0.15, 0.2) is 39.5 Å². The topological polar surface area (TPSA) is 87.0 Å². The second-order valence-corrected chi connectivity index (χ2v) is 6.93. The summed E-state index contributed by atoms with van der Waals surface area (Å²) >= 11 is 0. The van der Waals surface area contributed by atoms with Crippen molar-refractivity contribution in [3.05, 3.63) is 57.4 Å². The van der Waals surface area contributed by atoms with Gasteiger partial charge in [0.1, 0.15) is 11.3 Å². The molecule has 0 aliphatic heterocycles. The van der Waals surface area contributed by atoms with E-state index in [0.29, 0.717) is 34.1 Å². The molecule has 3 aromatic rings. The number of rotatable bonds is 7. The molecule has 158 valence electrons. The largest absolute Gasteiger partial charge is 0.497 e. The van der Waals surface area contributed by atoms with Crippen molar-refractivity contribution in [1.29, 1.82) is 0 Å². The lowest BCUT2D eigenvalue weighted by atomic mass is 10.0. The number of hydrogen-bond donors (Lipinski definition) is 1. The number of amides is 1. The van der Waals surface area contributed by atoms with Gasteiger partial charge in [-0.3, -0.25) is 4.79 Å². The van der Waals surface area contributed by atoms with Crippen molar-refractivity contribution in [1.82, 2.24) is 0 Å². The van der Waals surface area contributed by atoms with Gasteiger partial charge in [0.25, 0.3) is 0 Å². The molecule has 0 radical (unpaired) electrons. The lowest BCUT2D eigenvalue weighted by Crippen LogP contribution is -2.17. The molecule has 3 rings (SSSR count). The standard InChI is InChI=1S/C23H25NO6/c1-13-10-20(28-4)21(29-5)12-18(13)24-22(25)9-8-17-14(2)16-7-6-15(27-3)11-19(16)30-23(17)26/h6-7,10-12H,8-9H2,1-5H3,(H,24,25). The summed E-state index contributed by atoms with van der Waals surface area (Å²) in [5.41, 5.74) is 2.79. The Kier molecular flexibility index (Phi) is 6.30. The van der Waals surface area contributed by atoms with Crippen molar-refractivity contribution in [2.24, 2.45) is 0 Å². The van der Waals surface area contributed by atoms with Crippen LogP contribution >= 0.6 is 0 Å². The normalized spacial score (nSPS) is 10.7. The zero-order chi connectivity index (χ0) is 21.8. The summed E-state index contributed by atoms with van der Waals surface area (Å²) in [4.78, 5) is 25.0. The number of anilines is 1. The third kappa shape index (κ3) is 4.25. The number of aryl methyl sites for hydroxylation is 2. The van der Waals surface area contributed by atoms with Crippen molar-refractivity contribution in [3.8, 4) is 17.2 Å². The van der Waals surface area contributed by atoms with E-state index in [1.165, 1.54) is 7.11 Å². The Morgan fingerprint density at radius 1 is 1.00 bits per heavy atom. The molecule has 2 aromatic carbocycles. The first-order valence-electron chi connectivity index (χ1n) is 9.50. The highest BCUT2D eigenvalue weighted by Crippen LogP contribution is 2.33. The van der Waals surface area contributed by atoms with Crippen LogP contribution in [0.2, 0.25) is 0 Å². The third-order valence-electron chi connectivity index (χ3n) is 5.10. The minimum Gasteiger partial charge on any atom is -0.497 e. The zero-order valence-electron chi connectivity index (χ0n) is 17.8. The first-order chi connectivity index (χ1) is 14.4. The lowest BCUT2D eigenvalue weighted by molar-refractivity contribution is -0.116. The van der Waals surface area contributed by atoms with E-state index in [9.17, 15) is 9.59 Å². The summed E-state index contributed by atoms with van der Waals surface area (Å²) in [5, 5.41) is 3.69. The highest BCUT2D eigenvalue weighted by atomic mass is 16.5. The average Bonchev–Trinajstić information content (AvgIpc) is 2.74. The van der Waals surface area contributed by atoms with Crippen molar-refractivity contribution >= 4 is 22.6 Å². The Labute approximate surface area is 174 Å². The van der Waals surface area contributed by atoms with E-state index < -0.39 is 5.63 Å². The predicted molar refractivity (Wildman–Crippen MR) is 115 cm³/mol. The van der Waals surface area contributed by atoms with Gasteiger partial charge in [-0.05, 0) is 49.6 Å². The summed E-state index contributed by atoms with van der Waals surface area (Å²) in [6.07, 6.45) is 0.412. The van der Waals surface area contributed by atoms with E-state index in [2.05, 4.69) is 5.32 Å². The molecular weight excluding hydrogens is 386 g/mol. The van der Waals surface area contributed by atoms with Gasteiger partial charge in [0, 0.05) is 35.2 Å². The van der Waals surface area contributed by atoms with Gasteiger partial charge < -0.3 is 23.9 Å². The number of nitrogens with one attached hydrogen (secondary N) is 1. The molecule has 0 saturated heterocycles. The highest BCUT2D eigenvalue weighted by Gasteiger charge is 2.15. The van der Waals surface area contributed by atoms with Gasteiger partial charge in [-0.25, -0.2) is 4.79 Å². The number of methoxy groups -OCH3 is 3. The number of carbonyl (C=O) groups excluding carboxylic acids is 1. The van der Waals surface area contributed by atoms with E-state index in [-0.39, 0.29) is 18.7 Å². The van der Waals surface area contributed by atoms with Crippen LogP contribution < -0.4 is 25.2 Å². The number of ether oxygens (including phenoxy) is 3. The maximum Gasteiger partial charge on any atom is 0.339 e. The minimum atomic E-state index is -0.441. The minimum absolute atomic E-state index is 0.140. The van der Waals surface area contributed by atoms with Gasteiger partial charge >= 0.3 is 5.63 Å². The van der Waals surface area contributed by atoms with Crippen LogP contribution in [0.25, 0.3) is 11.0 Å². The summed E-state index contributed by atoms with van der Waals surface area (Å²) < 4.78 is 21.2. The van der Waals surface area contributed by atoms with Crippen LogP contribution in [0.1, 0.15) is 23.1 Å². The van der Waals surface area contributed by atoms with Crippen LogP contribution in [-0.2, 0) is 11.2 Å². The summed E-state index contributed by atoms with van der Waals surface area (Å²) in [6, 6.07) is 8.86. The molecule has 0 atom stereocenters. The number of fused-ring (bicyclic) bond motifs is 1. The molecule has 1 aromatic heterocycles. The van der Waals surface area contributed by atoms with Crippen LogP contribution in [0.5, 0.6) is 17.2 Å². The molecule has 0 saturated carbocycles. The number of benzene rings is 2. The average molecular weight is 411 g/mol. The van der Waals surface area contributed by atoms with E-state index in [1.807, 2.05) is 26.0 Å². The maximum absolute atomic E-state index is 12.5. The molecule has 1 N–H and O–H groups in total. The SMILES string of the molecule is COc1ccc2c(C)c(CCC(=O)Nc3cc(OC)c(OC)cc3C)c(=O)oc2c1. The second kappa shape index (κ2) is 8.90. The molecule has 0 spiro atoms. The molecule has 0 fully saturated rings. The molecule has 7 nitrogen and oxygen atoms in total. The molecule has 0 aliphatic rings. The molecule has 0 aliphatic carbocycles. The first kappa shape index (κ1) is 21.2. The van der Waals surface area contributed by atoms with Gasteiger partial charge in [-0.15, -0.1) is 0 Å². The van der Waals surface area contributed by atoms with Crippen molar-refractivity contribution < 1.29 is 23.4 Å². The molecule has 30 heavy (non-hydrogen) atoms. The Morgan fingerprint density at radius 3 is 2.37 bits per heavy atom. The Bertz CT molecular complexity index is 1150. The van der Waals surface area contributed by atoms with E-state index in [1.54, 1.807) is 32.4 Å². The van der Waals surface area contributed by atoms with Crippen molar-refractivity contribution in [2.45, 2.75) is 26.7 Å². The Balaban J connectivity index is 1.78. The van der Waals surface area contributed by atoms with Crippen LogP contribution in [0.4, 0.5) is 5.69 Å². The highest BCUT2D eigenvalue weighted by molar-refractivity contribution is 5.92. The van der Waals surface area contributed by atoms with Crippen LogP contribution in [0, 0.1) is 13.8 Å². The summed E-state index contributed by atoms with van der Waals surface area (Å²) in [6.45, 7) is 3.73. The Morgan fingerprint density at radius 2 is 1.70 bits per heavy atom. The van der Waals surface area contributed by atoms with Gasteiger partial charge in [0.2, 0.25) is 5.91 Å². The fourth-order valence-electron chi connectivity index (χ4n) is 3.36. The number of carbonyl (C=O) groups is 1. The van der Waals surface area contributed by atoms with E-state index in [0.717, 1.165) is 16.5 Å². The molecule has 7 heteroatoms. The fraction of sp³-hybridized carbons (Fsp3) is 0.304. The van der Waals surface area contributed by atoms with Crippen molar-refractivity contribution in [3.63, 3.8) is 0 Å². The van der Waals surface area contributed by atoms with E-state index >= 15 is 0 Å². The molecule has 1 amide bonds. The van der Waals surface area contributed by atoms with Gasteiger partial charge in [-0.1, -0.05) is 0 Å². The van der Waals surface area contributed by atoms with Gasteiger partial charge in [0.15, 0.2) is 11.5 Å². The van der Waals surface area contributed by atoms with Gasteiger partial charge in [0.05, 0.1) is 21.3 Å². The predicted octanol–water partition coefficient (Wildman–Crippen LogP) is 4.01. The lowest BCUT2D eigenvalue weighted by Gasteiger charge is -2.14. The molecule has 1 heterocycles. The van der Waals surface area contributed by atoms with Crippen LogP contribution in [-0.4, -0.2) is 27.2 Å². The second-order valence-electron chi connectivity index (χ2n) is 6.93. The van der Waals surface area contributed by atoms with Crippen molar-refractivity contribution in [2.75, 3.05) is 26.6 Å². The van der Waals surface area contributed by atoms with E-state index in [4.69, 9.17) is 18.6 Å². The fourth-order valence-corrected chi connectivity index (χ4v) is 3.36. The summed E-state index contributed by atoms with van der Waals surface area (Å²) in [5.74, 6) is 1.52. The monoisotopic (exact) mass is 411 g/mol. The summed E-state index contributed by atoms with van der Waals surface area (Å²) in [7, 11) is 4.65. The zero-order valence-corrected chi connectivity index (χ0v) is 17.8.